The molecule has 2 aromatic rings. The van der Waals surface area contributed by atoms with Gasteiger partial charge in [-0.05, 0) is 26.3 Å². The predicted octanol–water partition coefficient (Wildman–Crippen LogP) is 3.55. The third kappa shape index (κ3) is 6.39. The molecular weight excluding hydrogens is 610 g/mol. The number of hydrogen-bond donors (Lipinski definition) is 5. The highest BCUT2D eigenvalue weighted by Crippen LogP contribution is 2.52. The number of fused-ring (bicyclic) bond motifs is 3. The van der Waals surface area contributed by atoms with Crippen molar-refractivity contribution in [3.8, 4) is 17.2 Å². The maximum Gasteiger partial charge on any atom is 0.220 e. The zero-order chi connectivity index (χ0) is 34.2. The summed E-state index contributed by atoms with van der Waals surface area (Å²) in [6.07, 6.45) is 0.126. The normalized spacial score (nSPS) is 26.6. The monoisotopic (exact) mass is 653 g/mol. The predicted molar refractivity (Wildman–Crippen MR) is 168 cm³/mol. The van der Waals surface area contributed by atoms with Crippen LogP contribution in [0.2, 0.25) is 0 Å². The van der Waals surface area contributed by atoms with Crippen LogP contribution in [0.25, 0.3) is 0 Å². The van der Waals surface area contributed by atoms with Crippen molar-refractivity contribution in [3.05, 3.63) is 51.6 Å². The average molecular weight is 654 g/mol. The number of aromatic hydroxyl groups is 2. The van der Waals surface area contributed by atoms with Crippen LogP contribution in [0.1, 0.15) is 121 Å². The number of amides is 1. The van der Waals surface area contributed by atoms with Gasteiger partial charge in [0.15, 0.2) is 17.9 Å². The number of methoxy groups -OCH3 is 1. The van der Waals surface area contributed by atoms with Crippen molar-refractivity contribution >= 4 is 23.3 Å². The lowest BCUT2D eigenvalue weighted by molar-refractivity contribution is -0.249. The summed E-state index contributed by atoms with van der Waals surface area (Å²) in [6, 6.07) is 3.69. The molecule has 0 spiro atoms. The van der Waals surface area contributed by atoms with Gasteiger partial charge in [-0.2, -0.15) is 0 Å². The second-order valence-electron chi connectivity index (χ2n) is 12.8. The molecule has 2 aliphatic carbocycles. The Kier molecular flexibility index (Phi) is 10.1. The number of benzene rings is 2. The Morgan fingerprint density at radius 2 is 1.74 bits per heavy atom. The van der Waals surface area contributed by atoms with E-state index < -0.39 is 82.6 Å². The Balaban J connectivity index is 1.48. The standard InChI is InChI=1S/C35H43NO11/c1-5-6-7-8-9-13-24(38)36-21-14-25(46-17(2)30(21)39)47-23-16-35(44,18(3)37)15-20-27(23)34(43)29-28(32(20)41)31(40)19-11-10-12-22(45-4)26(19)33(29)42/h10-12,17,21,23,25,30,39,41,43-44H,5-9,13-16H2,1-4H3,(H,36,38). The first-order valence-electron chi connectivity index (χ1n) is 16.2. The lowest BCUT2D eigenvalue weighted by Crippen LogP contribution is -2.55. The summed E-state index contributed by atoms with van der Waals surface area (Å²) in [5.41, 5.74) is -3.22. The van der Waals surface area contributed by atoms with E-state index in [0.717, 1.165) is 25.7 Å². The molecule has 0 bridgehead atoms. The van der Waals surface area contributed by atoms with Crippen molar-refractivity contribution in [3.63, 3.8) is 0 Å². The Morgan fingerprint density at radius 3 is 2.43 bits per heavy atom. The molecule has 5 rings (SSSR count). The Labute approximate surface area is 273 Å². The van der Waals surface area contributed by atoms with Crippen LogP contribution in [0, 0.1) is 0 Å². The number of phenols is 2. The van der Waals surface area contributed by atoms with Crippen LogP contribution in [-0.4, -0.2) is 80.9 Å². The van der Waals surface area contributed by atoms with Gasteiger partial charge in [0.25, 0.3) is 0 Å². The maximum atomic E-state index is 13.8. The van der Waals surface area contributed by atoms with Gasteiger partial charge < -0.3 is 40.0 Å². The van der Waals surface area contributed by atoms with E-state index in [1.54, 1.807) is 6.92 Å². The topological polar surface area (TPSA) is 189 Å². The largest absolute Gasteiger partial charge is 0.507 e. The molecule has 1 saturated heterocycles. The number of nitrogens with one attached hydrogen (secondary N) is 1. The number of carbonyl (C=O) groups excluding carboxylic acids is 4. The number of rotatable bonds is 11. The Bertz CT molecular complexity index is 1590. The molecule has 0 saturated carbocycles. The molecule has 1 amide bonds. The van der Waals surface area contributed by atoms with Crippen LogP contribution >= 0.6 is 0 Å². The van der Waals surface area contributed by atoms with E-state index in [9.17, 15) is 39.6 Å². The summed E-state index contributed by atoms with van der Waals surface area (Å²) >= 11 is 0. The summed E-state index contributed by atoms with van der Waals surface area (Å²) < 4.78 is 17.5. The van der Waals surface area contributed by atoms with Gasteiger partial charge in [0.2, 0.25) is 11.7 Å². The third-order valence-electron chi connectivity index (χ3n) is 9.61. The SMILES string of the molecule is CCCCCCCC(=O)NC1CC(OC2CC(O)(C(C)=O)Cc3c(O)c4c(c(O)c32)C(=O)c2c(OC)cccc2C4=O)OC(C)C1O. The van der Waals surface area contributed by atoms with Crippen LogP contribution in [0.4, 0.5) is 0 Å². The van der Waals surface area contributed by atoms with Crippen LogP contribution < -0.4 is 10.1 Å². The zero-order valence-electron chi connectivity index (χ0n) is 27.1. The Morgan fingerprint density at radius 1 is 1.04 bits per heavy atom. The van der Waals surface area contributed by atoms with Gasteiger partial charge in [0.05, 0.1) is 42.0 Å². The van der Waals surface area contributed by atoms with Gasteiger partial charge >= 0.3 is 0 Å². The van der Waals surface area contributed by atoms with Crippen molar-refractivity contribution in [1.82, 2.24) is 5.32 Å². The number of ether oxygens (including phenoxy) is 3. The van der Waals surface area contributed by atoms with Gasteiger partial charge in [-0.3, -0.25) is 19.2 Å². The number of ketones is 3. The minimum absolute atomic E-state index is 0.00289. The quantitative estimate of drug-likeness (QED) is 0.150. The van der Waals surface area contributed by atoms with Gasteiger partial charge in [-0.25, -0.2) is 0 Å². The fraction of sp³-hybridized carbons (Fsp3) is 0.543. The Hall–Kier alpha value is -3.84. The molecule has 1 heterocycles. The molecule has 0 radical (unpaired) electrons. The molecule has 2 aromatic carbocycles. The number of unbranched alkanes of at least 4 members (excludes halogenated alkanes) is 4. The van der Waals surface area contributed by atoms with E-state index in [-0.39, 0.29) is 46.8 Å². The molecule has 12 heteroatoms. The van der Waals surface area contributed by atoms with Crippen LogP contribution in [0.3, 0.4) is 0 Å². The molecule has 5 N–H and O–H groups in total. The minimum atomic E-state index is -2.05. The molecular formula is C35H43NO11. The highest BCUT2D eigenvalue weighted by atomic mass is 16.7. The average Bonchev–Trinajstić information content (AvgIpc) is 3.03. The summed E-state index contributed by atoms with van der Waals surface area (Å²) in [5, 5.41) is 48.3. The summed E-state index contributed by atoms with van der Waals surface area (Å²) in [4.78, 5) is 52.9. The zero-order valence-corrected chi connectivity index (χ0v) is 27.1. The number of aliphatic hydroxyl groups excluding tert-OH is 1. The number of hydrogen-bond acceptors (Lipinski definition) is 11. The molecule has 0 aromatic heterocycles. The van der Waals surface area contributed by atoms with E-state index in [4.69, 9.17) is 14.2 Å². The first-order valence-corrected chi connectivity index (χ1v) is 16.2. The van der Waals surface area contributed by atoms with E-state index in [1.807, 2.05) is 0 Å². The lowest BCUT2D eigenvalue weighted by atomic mass is 9.72. The van der Waals surface area contributed by atoms with Crippen LogP contribution in [-0.2, 0) is 25.5 Å². The number of phenolic OH excluding ortho intramolecular Hbond substituents is 2. The van der Waals surface area contributed by atoms with Gasteiger partial charge in [0, 0.05) is 42.4 Å². The molecule has 47 heavy (non-hydrogen) atoms. The van der Waals surface area contributed by atoms with Gasteiger partial charge in [0.1, 0.15) is 29.0 Å². The fourth-order valence-electron chi connectivity index (χ4n) is 6.94. The van der Waals surface area contributed by atoms with Gasteiger partial charge in [-0.1, -0.05) is 44.7 Å². The smallest absolute Gasteiger partial charge is 0.220 e. The summed E-state index contributed by atoms with van der Waals surface area (Å²) in [7, 11) is 1.34. The molecule has 6 unspecified atom stereocenters. The first-order chi connectivity index (χ1) is 22.3. The number of carbonyl (C=O) groups is 4. The van der Waals surface area contributed by atoms with Crippen molar-refractivity contribution < 1.29 is 53.8 Å². The van der Waals surface area contributed by atoms with Crippen molar-refractivity contribution in [2.45, 2.75) is 115 Å². The summed E-state index contributed by atoms with van der Waals surface area (Å²) in [6.45, 7) is 4.90. The highest BCUT2D eigenvalue weighted by molar-refractivity contribution is 6.31. The number of Topliss-reactive ketones (excluding diaryl/α,β-unsaturated/α-hetero) is 1. The molecule has 12 nitrogen and oxygen atoms in total. The van der Waals surface area contributed by atoms with E-state index in [1.165, 1.54) is 32.2 Å². The lowest BCUT2D eigenvalue weighted by Gasteiger charge is -2.42. The molecule has 1 aliphatic heterocycles. The first kappa shape index (κ1) is 34.5. The van der Waals surface area contributed by atoms with Crippen molar-refractivity contribution in [2.24, 2.45) is 0 Å². The third-order valence-corrected chi connectivity index (χ3v) is 9.61. The van der Waals surface area contributed by atoms with Crippen molar-refractivity contribution in [2.75, 3.05) is 7.11 Å². The fourth-order valence-corrected chi connectivity index (χ4v) is 6.94. The van der Waals surface area contributed by atoms with Crippen LogP contribution in [0.15, 0.2) is 18.2 Å². The molecule has 6 atom stereocenters. The van der Waals surface area contributed by atoms with E-state index in [2.05, 4.69) is 12.2 Å². The van der Waals surface area contributed by atoms with Crippen molar-refractivity contribution in [1.29, 1.82) is 0 Å². The van der Waals surface area contributed by atoms with E-state index >= 15 is 0 Å². The molecule has 254 valence electrons. The molecule has 1 fully saturated rings. The summed E-state index contributed by atoms with van der Waals surface area (Å²) in [5.74, 6) is -3.51. The van der Waals surface area contributed by atoms with Gasteiger partial charge in [-0.15, -0.1) is 0 Å². The minimum Gasteiger partial charge on any atom is -0.507 e. The highest BCUT2D eigenvalue weighted by Gasteiger charge is 2.49. The van der Waals surface area contributed by atoms with E-state index in [0.29, 0.717) is 12.8 Å². The molecule has 3 aliphatic rings. The second-order valence-corrected chi connectivity index (χ2v) is 12.8. The second kappa shape index (κ2) is 13.7. The number of aliphatic hydroxyl groups is 2. The maximum absolute atomic E-state index is 13.8. The van der Waals surface area contributed by atoms with Crippen LogP contribution in [0.5, 0.6) is 17.2 Å².